The van der Waals surface area contributed by atoms with Crippen molar-refractivity contribution >= 4 is 33.4 Å². The van der Waals surface area contributed by atoms with Crippen LogP contribution in [-0.2, 0) is 46.3 Å². The van der Waals surface area contributed by atoms with E-state index in [0.717, 1.165) is 67.8 Å². The molecule has 1 aromatic heterocycles. The van der Waals surface area contributed by atoms with Gasteiger partial charge in [0.1, 0.15) is 30.7 Å². The Morgan fingerprint density at radius 1 is 0.623 bits per heavy atom. The molecule has 1 saturated heterocycles. The molecule has 0 spiro atoms. The lowest BCUT2D eigenvalue weighted by Gasteiger charge is -2.21. The topological polar surface area (TPSA) is 265 Å². The molecule has 0 bridgehead atoms. The Labute approximate surface area is 463 Å². The van der Waals surface area contributed by atoms with Crippen molar-refractivity contribution in [2.75, 3.05) is 25.6 Å². The van der Waals surface area contributed by atoms with Crippen LogP contribution in [0.2, 0.25) is 0 Å². The van der Waals surface area contributed by atoms with Crippen molar-refractivity contribution in [2.24, 2.45) is 11.8 Å². The Kier molecular flexibility index (Phi) is 40.0. The first-order valence-corrected chi connectivity index (χ1v) is 33.3. The first-order chi connectivity index (χ1) is 36.9. The lowest BCUT2D eigenvalue weighted by Crippen LogP contribution is -2.36. The molecular formula is C57H107N3O15P2. The Hall–Kier alpha value is -2.24. The Bertz CT molecular complexity index is 1820. The Morgan fingerprint density at radius 2 is 1.04 bits per heavy atom. The predicted octanol–water partition coefficient (Wildman–Crippen LogP) is 13.9. The molecule has 2 rings (SSSR count). The number of aliphatic hydroxyl groups excluding tert-OH is 2. The standard InChI is InChI=1S/C57H107N3O15P2/c1-5-48(4)39-35-31-27-23-19-15-12-13-16-20-24-28-32-36-40-52(61)70-44-49(73-53(62)41-37-33-29-25-21-17-11-9-7-6-8-10-14-18-22-26-30-34-38-47(2)3)45-71-76(66,67)75-77(68,69)72-46-50-54(63)55(64)56(74-50)60-43-42-51(58)59-57(60)65/h42-43,47-50,54-56,63-64H,5-41,44-46H2,1-4H3,(H,66,67)(H,68,69)(H2,58,59,65)/t48?,49-,50-,54+,55?,56-/m1/s1. The summed E-state index contributed by atoms with van der Waals surface area (Å²) in [6, 6.07) is 1.25. The molecule has 0 saturated carbocycles. The van der Waals surface area contributed by atoms with Gasteiger partial charge >= 0.3 is 33.3 Å². The number of esters is 2. The molecule has 2 heterocycles. The van der Waals surface area contributed by atoms with Crippen molar-refractivity contribution in [3.63, 3.8) is 0 Å². The van der Waals surface area contributed by atoms with Crippen molar-refractivity contribution in [2.45, 2.75) is 296 Å². The number of carbonyl (C=O) groups is 2. The second kappa shape index (κ2) is 43.5. The number of ether oxygens (including phenoxy) is 3. The first kappa shape index (κ1) is 70.9. The molecule has 1 fully saturated rings. The van der Waals surface area contributed by atoms with Crippen LogP contribution < -0.4 is 11.4 Å². The fourth-order valence-corrected chi connectivity index (χ4v) is 11.7. The molecule has 0 aromatic carbocycles. The minimum absolute atomic E-state index is 0.0581. The zero-order valence-corrected chi connectivity index (χ0v) is 49.9. The van der Waals surface area contributed by atoms with Gasteiger partial charge < -0.3 is 39.9 Å². The summed E-state index contributed by atoms with van der Waals surface area (Å²) in [6.07, 6.45) is 35.9. The number of hydrogen-bond acceptors (Lipinski definition) is 15. The number of aliphatic hydroxyl groups is 2. The van der Waals surface area contributed by atoms with E-state index in [1.165, 1.54) is 173 Å². The van der Waals surface area contributed by atoms with Crippen LogP contribution in [0, 0.1) is 11.8 Å². The highest BCUT2D eigenvalue weighted by atomic mass is 31.3. The largest absolute Gasteiger partial charge is 0.481 e. The maximum absolute atomic E-state index is 13.0. The van der Waals surface area contributed by atoms with E-state index in [1.807, 2.05) is 0 Å². The van der Waals surface area contributed by atoms with Crippen molar-refractivity contribution in [1.29, 1.82) is 0 Å². The number of aromatic nitrogens is 2. The minimum atomic E-state index is -5.42. The number of nitrogens with two attached hydrogens (primary N) is 1. The van der Waals surface area contributed by atoms with Gasteiger partial charge in [0, 0.05) is 19.0 Å². The molecule has 450 valence electrons. The Balaban J connectivity index is 1.72. The fourth-order valence-electron chi connectivity index (χ4n) is 9.60. The maximum atomic E-state index is 13.0. The summed E-state index contributed by atoms with van der Waals surface area (Å²) in [4.78, 5) is 62.2. The average Bonchev–Trinajstić information content (AvgIpc) is 3.66. The van der Waals surface area contributed by atoms with Crippen molar-refractivity contribution in [3.8, 4) is 0 Å². The maximum Gasteiger partial charge on any atom is 0.481 e. The molecule has 4 unspecified atom stereocenters. The van der Waals surface area contributed by atoms with Gasteiger partial charge in [-0.1, -0.05) is 240 Å². The van der Waals surface area contributed by atoms with Crippen LogP contribution in [0.15, 0.2) is 17.1 Å². The molecule has 77 heavy (non-hydrogen) atoms. The monoisotopic (exact) mass is 1140 g/mol. The number of hydrogen-bond donors (Lipinski definition) is 5. The molecule has 0 aliphatic carbocycles. The summed E-state index contributed by atoms with van der Waals surface area (Å²) in [7, 11) is -10.8. The molecule has 0 radical (unpaired) electrons. The quantitative estimate of drug-likeness (QED) is 0.0231. The third-order valence-corrected chi connectivity index (χ3v) is 17.3. The van der Waals surface area contributed by atoms with E-state index in [9.17, 15) is 43.5 Å². The molecule has 6 N–H and O–H groups in total. The summed E-state index contributed by atoms with van der Waals surface area (Å²) in [5.74, 6) is 0.400. The molecular weight excluding hydrogens is 1030 g/mol. The van der Waals surface area contributed by atoms with Gasteiger partial charge in [0.15, 0.2) is 12.3 Å². The zero-order chi connectivity index (χ0) is 56.6. The molecule has 1 aliphatic rings. The predicted molar refractivity (Wildman–Crippen MR) is 303 cm³/mol. The number of phosphoric acid groups is 2. The molecule has 8 atom stereocenters. The molecule has 0 amide bonds. The van der Waals surface area contributed by atoms with Gasteiger partial charge in [-0.15, -0.1) is 0 Å². The van der Waals surface area contributed by atoms with Crippen LogP contribution in [-0.4, -0.2) is 85.7 Å². The summed E-state index contributed by atoms with van der Waals surface area (Å²) >= 11 is 0. The van der Waals surface area contributed by atoms with E-state index >= 15 is 0 Å². The van der Waals surface area contributed by atoms with Crippen LogP contribution in [0.3, 0.4) is 0 Å². The number of phosphoric ester groups is 2. The van der Waals surface area contributed by atoms with E-state index < -0.39 is 83.7 Å². The molecule has 1 aromatic rings. The lowest BCUT2D eigenvalue weighted by molar-refractivity contribution is -0.161. The highest BCUT2D eigenvalue weighted by molar-refractivity contribution is 7.61. The van der Waals surface area contributed by atoms with Gasteiger partial charge in [-0.2, -0.15) is 9.29 Å². The van der Waals surface area contributed by atoms with Gasteiger partial charge in [0.25, 0.3) is 0 Å². The van der Waals surface area contributed by atoms with Crippen molar-refractivity contribution in [3.05, 3.63) is 22.7 Å². The van der Waals surface area contributed by atoms with Crippen LogP contribution in [0.1, 0.15) is 271 Å². The van der Waals surface area contributed by atoms with Crippen LogP contribution in [0.5, 0.6) is 0 Å². The molecule has 18 nitrogen and oxygen atoms in total. The number of nitrogen functional groups attached to an aromatic ring is 1. The minimum Gasteiger partial charge on any atom is -0.462 e. The van der Waals surface area contributed by atoms with E-state index in [1.54, 1.807) is 0 Å². The summed E-state index contributed by atoms with van der Waals surface area (Å²) in [6.45, 7) is 6.93. The lowest BCUT2D eigenvalue weighted by atomic mass is 9.99. The van der Waals surface area contributed by atoms with E-state index in [-0.39, 0.29) is 18.7 Å². The third-order valence-electron chi connectivity index (χ3n) is 14.7. The number of nitrogens with zero attached hydrogens (tertiary/aromatic N) is 2. The smallest absolute Gasteiger partial charge is 0.462 e. The normalized spacial score (nSPS) is 19.0. The third kappa shape index (κ3) is 36.7. The fraction of sp³-hybridized carbons (Fsp3) is 0.895. The summed E-state index contributed by atoms with van der Waals surface area (Å²) < 4.78 is 57.1. The van der Waals surface area contributed by atoms with Gasteiger partial charge in [-0.25, -0.2) is 13.9 Å². The highest BCUT2D eigenvalue weighted by Crippen LogP contribution is 2.60. The number of unbranched alkanes of at least 4 members (excludes halogenated alkanes) is 30. The average molecular weight is 1140 g/mol. The highest BCUT2D eigenvalue weighted by Gasteiger charge is 2.46. The van der Waals surface area contributed by atoms with Gasteiger partial charge in [-0.05, 0) is 30.7 Å². The van der Waals surface area contributed by atoms with Crippen molar-refractivity contribution < 1.29 is 66.3 Å². The number of anilines is 1. The van der Waals surface area contributed by atoms with Crippen molar-refractivity contribution in [1.82, 2.24) is 9.55 Å². The van der Waals surface area contributed by atoms with Crippen LogP contribution in [0.4, 0.5) is 5.82 Å². The SMILES string of the molecule is CCC(C)CCCCCCCCCCCCCCCCC(=O)OC[C@H](COP(=O)(O)OP(=O)(O)OC[C@H]1O[C@@H](n2ccc(N)nc2=O)C(O)[C@H]1O)OC(=O)CCCCCCCCCCCCCCCCCCCCC(C)C. The zero-order valence-electron chi connectivity index (χ0n) is 48.1. The number of rotatable bonds is 51. The summed E-state index contributed by atoms with van der Waals surface area (Å²) in [5, 5.41) is 21.0. The second-order valence-corrected chi connectivity index (χ2v) is 25.3. The first-order valence-electron chi connectivity index (χ1n) is 30.3. The second-order valence-electron chi connectivity index (χ2n) is 22.3. The molecule has 1 aliphatic heterocycles. The van der Waals surface area contributed by atoms with Gasteiger partial charge in [-0.3, -0.25) is 23.2 Å². The van der Waals surface area contributed by atoms with E-state index in [2.05, 4.69) is 37.0 Å². The number of carbonyl (C=O) groups excluding carboxylic acids is 2. The van der Waals surface area contributed by atoms with Crippen LogP contribution in [0.25, 0.3) is 0 Å². The Morgan fingerprint density at radius 3 is 1.48 bits per heavy atom. The van der Waals surface area contributed by atoms with Gasteiger partial charge in [0.2, 0.25) is 0 Å². The van der Waals surface area contributed by atoms with Gasteiger partial charge in [0.05, 0.1) is 13.2 Å². The van der Waals surface area contributed by atoms with E-state index in [4.69, 9.17) is 29.0 Å². The summed E-state index contributed by atoms with van der Waals surface area (Å²) in [5.41, 5.74) is 4.61. The molecule has 20 heteroatoms. The van der Waals surface area contributed by atoms with E-state index in [0.29, 0.717) is 12.8 Å². The van der Waals surface area contributed by atoms with Crippen LogP contribution >= 0.6 is 15.6 Å².